The van der Waals surface area contributed by atoms with Gasteiger partial charge in [-0.3, -0.25) is 4.79 Å². The van der Waals surface area contributed by atoms with Gasteiger partial charge in [0.05, 0.1) is 7.11 Å². The summed E-state index contributed by atoms with van der Waals surface area (Å²) >= 11 is 0. The van der Waals surface area contributed by atoms with Crippen LogP contribution in [0.2, 0.25) is 0 Å². The summed E-state index contributed by atoms with van der Waals surface area (Å²) in [6, 6.07) is 7.05. The van der Waals surface area contributed by atoms with Crippen LogP contribution in [-0.4, -0.2) is 53.5 Å². The fourth-order valence-corrected chi connectivity index (χ4v) is 2.94. The molecular weight excluding hydrogens is 394 g/mol. The number of oxazole rings is 1. The highest BCUT2D eigenvalue weighted by Gasteiger charge is 2.12. The molecule has 1 amide bonds. The SMILES string of the molecule is C=C/C=C(CN(C)C)\C(=C/CC(=O)Nc1cc(-c2nc3ncccc3o2)ccn1)OC. The van der Waals surface area contributed by atoms with Crippen LogP contribution in [0.3, 0.4) is 0 Å². The lowest BCUT2D eigenvalue weighted by Gasteiger charge is -2.15. The summed E-state index contributed by atoms with van der Waals surface area (Å²) in [5.41, 5.74) is 2.75. The van der Waals surface area contributed by atoms with Gasteiger partial charge in [0.1, 0.15) is 11.6 Å². The highest BCUT2D eigenvalue weighted by atomic mass is 16.5. The first-order chi connectivity index (χ1) is 15.0. The summed E-state index contributed by atoms with van der Waals surface area (Å²) in [5.74, 6) is 1.22. The Morgan fingerprint density at radius 2 is 2.13 bits per heavy atom. The van der Waals surface area contributed by atoms with Crippen molar-refractivity contribution in [3.05, 3.63) is 72.8 Å². The Hall–Kier alpha value is -3.78. The third kappa shape index (κ3) is 5.86. The number of ether oxygens (including phenoxy) is 1. The maximum atomic E-state index is 12.5. The molecule has 3 rings (SSSR count). The molecule has 8 nitrogen and oxygen atoms in total. The molecule has 0 bridgehead atoms. The normalized spacial score (nSPS) is 12.3. The molecule has 0 aliphatic rings. The first kappa shape index (κ1) is 21.9. The highest BCUT2D eigenvalue weighted by molar-refractivity contribution is 5.91. The molecule has 8 heteroatoms. The number of carbonyl (C=O) groups is 1. The van der Waals surface area contributed by atoms with Crippen LogP contribution in [0, 0.1) is 0 Å². The molecule has 0 atom stereocenters. The van der Waals surface area contributed by atoms with Crippen LogP contribution in [-0.2, 0) is 9.53 Å². The Kier molecular flexibility index (Phi) is 7.29. The van der Waals surface area contributed by atoms with E-state index in [0.717, 1.165) is 5.57 Å². The number of carbonyl (C=O) groups excluding carboxylic acids is 1. The fraction of sp³-hybridized carbons (Fsp3) is 0.217. The molecule has 3 heterocycles. The van der Waals surface area contributed by atoms with E-state index in [-0.39, 0.29) is 12.3 Å². The zero-order valence-electron chi connectivity index (χ0n) is 17.8. The number of amides is 1. The largest absolute Gasteiger partial charge is 0.497 e. The number of rotatable bonds is 9. The number of hydrogen-bond acceptors (Lipinski definition) is 7. The van der Waals surface area contributed by atoms with E-state index >= 15 is 0 Å². The topological polar surface area (TPSA) is 93.4 Å². The van der Waals surface area contributed by atoms with E-state index in [1.54, 1.807) is 55.9 Å². The van der Waals surface area contributed by atoms with Gasteiger partial charge in [-0.25, -0.2) is 9.97 Å². The average Bonchev–Trinajstić information content (AvgIpc) is 3.18. The van der Waals surface area contributed by atoms with Gasteiger partial charge in [-0.1, -0.05) is 18.7 Å². The number of anilines is 1. The molecule has 31 heavy (non-hydrogen) atoms. The standard InChI is InChI=1S/C23H25N5O3/c1-5-7-17(15-28(2)3)18(30-4)9-10-21(29)26-20-14-16(11-13-24-20)23-27-22-19(31-23)8-6-12-25-22/h5-9,11-14H,1,10,15H2,2-4H3,(H,24,26,29)/b17-7-,18-9+. The lowest BCUT2D eigenvalue weighted by molar-refractivity contribution is -0.115. The molecule has 0 radical (unpaired) electrons. The molecule has 0 aliphatic carbocycles. The van der Waals surface area contributed by atoms with Gasteiger partial charge in [-0.15, -0.1) is 0 Å². The van der Waals surface area contributed by atoms with E-state index in [9.17, 15) is 4.79 Å². The van der Waals surface area contributed by atoms with Gasteiger partial charge in [0.15, 0.2) is 11.2 Å². The van der Waals surface area contributed by atoms with E-state index in [2.05, 4.69) is 26.8 Å². The van der Waals surface area contributed by atoms with E-state index in [1.165, 1.54) is 0 Å². The Bertz CT molecular complexity index is 1100. The number of nitrogens with zero attached hydrogens (tertiary/aromatic N) is 4. The molecule has 0 saturated carbocycles. The van der Waals surface area contributed by atoms with Crippen LogP contribution < -0.4 is 5.32 Å². The van der Waals surface area contributed by atoms with Crippen LogP contribution in [0.15, 0.2) is 77.2 Å². The van der Waals surface area contributed by atoms with Crippen LogP contribution in [0.1, 0.15) is 6.42 Å². The smallest absolute Gasteiger partial charge is 0.229 e. The van der Waals surface area contributed by atoms with Crippen LogP contribution in [0.25, 0.3) is 22.7 Å². The second-order valence-electron chi connectivity index (χ2n) is 6.96. The number of hydrogen-bond donors (Lipinski definition) is 1. The van der Waals surface area contributed by atoms with Gasteiger partial charge < -0.3 is 19.4 Å². The zero-order chi connectivity index (χ0) is 22.2. The molecule has 0 spiro atoms. The maximum absolute atomic E-state index is 12.5. The Labute approximate surface area is 181 Å². The summed E-state index contributed by atoms with van der Waals surface area (Å²) in [5, 5.41) is 2.79. The van der Waals surface area contributed by atoms with Gasteiger partial charge in [-0.05, 0) is 44.4 Å². The number of pyridine rings is 2. The number of nitrogens with one attached hydrogen (secondary N) is 1. The second-order valence-corrected chi connectivity index (χ2v) is 6.96. The van der Waals surface area contributed by atoms with Crippen molar-refractivity contribution in [1.29, 1.82) is 0 Å². The molecule has 3 aromatic heterocycles. The monoisotopic (exact) mass is 419 g/mol. The van der Waals surface area contributed by atoms with Gasteiger partial charge in [0, 0.05) is 36.5 Å². The van der Waals surface area contributed by atoms with Crippen molar-refractivity contribution in [3.8, 4) is 11.5 Å². The third-order valence-corrected chi connectivity index (χ3v) is 4.25. The quantitative estimate of drug-likeness (QED) is 0.416. The van der Waals surface area contributed by atoms with Crippen LogP contribution >= 0.6 is 0 Å². The zero-order valence-corrected chi connectivity index (χ0v) is 17.8. The van der Waals surface area contributed by atoms with Crippen molar-refractivity contribution in [2.45, 2.75) is 6.42 Å². The fourth-order valence-electron chi connectivity index (χ4n) is 2.94. The number of methoxy groups -OCH3 is 1. The molecule has 0 aromatic carbocycles. The Balaban J connectivity index is 1.71. The van der Waals surface area contributed by atoms with Gasteiger partial charge in [-0.2, -0.15) is 4.98 Å². The Morgan fingerprint density at radius 1 is 1.29 bits per heavy atom. The number of likely N-dealkylation sites (N-methyl/N-ethyl adjacent to an activating group) is 1. The lowest BCUT2D eigenvalue weighted by atomic mass is 10.1. The summed E-state index contributed by atoms with van der Waals surface area (Å²) < 4.78 is 11.2. The summed E-state index contributed by atoms with van der Waals surface area (Å²) in [7, 11) is 5.50. The minimum atomic E-state index is -0.221. The van der Waals surface area contributed by atoms with Gasteiger partial charge >= 0.3 is 0 Å². The number of allylic oxidation sites excluding steroid dienone is 2. The lowest BCUT2D eigenvalue weighted by Crippen LogP contribution is -2.17. The van der Waals surface area contributed by atoms with Crippen molar-refractivity contribution in [3.63, 3.8) is 0 Å². The van der Waals surface area contributed by atoms with Gasteiger partial charge in [0.25, 0.3) is 0 Å². The minimum absolute atomic E-state index is 0.129. The first-order valence-electron chi connectivity index (χ1n) is 9.69. The van der Waals surface area contributed by atoms with Crippen LogP contribution in [0.4, 0.5) is 5.82 Å². The van der Waals surface area contributed by atoms with Crippen molar-refractivity contribution in [2.24, 2.45) is 0 Å². The first-order valence-corrected chi connectivity index (χ1v) is 9.69. The molecule has 3 aromatic rings. The number of aromatic nitrogens is 3. The molecule has 0 aliphatic heterocycles. The maximum Gasteiger partial charge on any atom is 0.229 e. The Morgan fingerprint density at radius 3 is 2.84 bits per heavy atom. The molecule has 0 unspecified atom stereocenters. The average molecular weight is 419 g/mol. The highest BCUT2D eigenvalue weighted by Crippen LogP contribution is 2.24. The van der Waals surface area contributed by atoms with Crippen molar-refractivity contribution in [1.82, 2.24) is 19.9 Å². The minimum Gasteiger partial charge on any atom is -0.497 e. The number of fused-ring (bicyclic) bond motifs is 1. The van der Waals surface area contributed by atoms with E-state index in [4.69, 9.17) is 9.15 Å². The van der Waals surface area contributed by atoms with Crippen molar-refractivity contribution >= 4 is 23.0 Å². The van der Waals surface area contributed by atoms with E-state index in [0.29, 0.717) is 40.8 Å². The molecular formula is C23H25N5O3. The summed E-state index contributed by atoms with van der Waals surface area (Å²) in [6.45, 7) is 4.40. The van der Waals surface area contributed by atoms with E-state index < -0.39 is 0 Å². The molecule has 160 valence electrons. The second kappa shape index (κ2) is 10.3. The third-order valence-electron chi connectivity index (χ3n) is 4.25. The molecule has 1 N–H and O–H groups in total. The predicted octanol–water partition coefficient (Wildman–Crippen LogP) is 3.82. The predicted molar refractivity (Wildman–Crippen MR) is 120 cm³/mol. The van der Waals surface area contributed by atoms with Gasteiger partial charge in [0.2, 0.25) is 11.8 Å². The van der Waals surface area contributed by atoms with Crippen LogP contribution in [0.5, 0.6) is 0 Å². The molecule has 0 saturated heterocycles. The molecule has 0 fully saturated rings. The van der Waals surface area contributed by atoms with Crippen molar-refractivity contribution < 1.29 is 13.9 Å². The van der Waals surface area contributed by atoms with E-state index in [1.807, 2.05) is 25.1 Å². The summed E-state index contributed by atoms with van der Waals surface area (Å²) in [6.07, 6.45) is 8.68. The van der Waals surface area contributed by atoms with Crippen molar-refractivity contribution in [2.75, 3.05) is 33.1 Å². The summed E-state index contributed by atoms with van der Waals surface area (Å²) in [4.78, 5) is 27.2.